The maximum absolute atomic E-state index is 11.7. The third-order valence-electron chi connectivity index (χ3n) is 8.57. The third-order valence-corrected chi connectivity index (χ3v) is 9.60. The number of carboxylic acids is 1. The van der Waals surface area contributed by atoms with Gasteiger partial charge in [0.25, 0.3) is 0 Å². The van der Waals surface area contributed by atoms with E-state index in [-0.39, 0.29) is 17.6 Å². The van der Waals surface area contributed by atoms with E-state index in [4.69, 9.17) is 9.47 Å². The zero-order valence-corrected chi connectivity index (χ0v) is 22.8. The van der Waals surface area contributed by atoms with Crippen LogP contribution in [0.25, 0.3) is 11.1 Å². The normalized spacial score (nSPS) is 23.9. The number of hydrogen-bond donors (Lipinski definition) is 1. The molecule has 38 heavy (non-hydrogen) atoms. The van der Waals surface area contributed by atoms with Crippen molar-refractivity contribution in [2.45, 2.75) is 45.6 Å². The molecular weight excluding hydrogens is 502 g/mol. The molecule has 2 saturated carbocycles. The Kier molecular flexibility index (Phi) is 5.61. The van der Waals surface area contributed by atoms with Gasteiger partial charge in [0, 0.05) is 35.4 Å². The van der Waals surface area contributed by atoms with Crippen LogP contribution >= 0.6 is 0 Å². The molecular formula is C30H31NO6S. The van der Waals surface area contributed by atoms with Gasteiger partial charge in [-0.1, -0.05) is 24.3 Å². The molecule has 4 aliphatic rings. The largest absolute Gasteiger partial charge is 0.489 e. The van der Waals surface area contributed by atoms with Gasteiger partial charge in [0.15, 0.2) is 0 Å². The van der Waals surface area contributed by atoms with Gasteiger partial charge in [0.1, 0.15) is 22.2 Å². The van der Waals surface area contributed by atoms with Crippen LogP contribution in [0.5, 0.6) is 11.6 Å². The van der Waals surface area contributed by atoms with E-state index in [0.717, 1.165) is 44.8 Å². The Morgan fingerprint density at radius 1 is 1.05 bits per heavy atom. The number of sulfone groups is 1. The Morgan fingerprint density at radius 2 is 1.82 bits per heavy atom. The molecule has 0 saturated heterocycles. The highest BCUT2D eigenvalue weighted by Crippen LogP contribution is 2.96. The van der Waals surface area contributed by atoms with E-state index in [1.165, 1.54) is 11.8 Å². The van der Waals surface area contributed by atoms with Gasteiger partial charge in [-0.05, 0) is 78.6 Å². The molecule has 7 nitrogen and oxygen atoms in total. The maximum Gasteiger partial charge on any atom is 0.311 e. The van der Waals surface area contributed by atoms with Gasteiger partial charge in [-0.2, -0.15) is 0 Å². The predicted molar refractivity (Wildman–Crippen MR) is 144 cm³/mol. The van der Waals surface area contributed by atoms with Gasteiger partial charge in [-0.15, -0.1) is 0 Å². The number of aryl methyl sites for hydroxylation is 2. The standard InChI is InChI=1S/C30H31NO6S/c1-16-13-24(36-11-6-12-38(4,34)35)31-18(3)25(16)21-8-5-7-19(17(21)2)15-37-20-9-10-22-23(14-20)27-28-26(22)30(27,28)29(32)33/h5,7-10,13-14,26-28H,6,11-12,15H2,1-4H3,(H,32,33)/t26-,27?,28-,30+/m0/s1. The van der Waals surface area contributed by atoms with Crippen LogP contribution in [0, 0.1) is 32.1 Å². The lowest BCUT2D eigenvalue weighted by Gasteiger charge is -2.17. The van der Waals surface area contributed by atoms with Crippen molar-refractivity contribution in [1.82, 2.24) is 4.98 Å². The number of pyridine rings is 1. The number of benzene rings is 2. The molecule has 198 valence electrons. The Hall–Kier alpha value is -3.39. The summed E-state index contributed by atoms with van der Waals surface area (Å²) >= 11 is 0. The lowest BCUT2D eigenvalue weighted by Crippen LogP contribution is -2.09. The summed E-state index contributed by atoms with van der Waals surface area (Å²) in [7, 11) is -3.01. The van der Waals surface area contributed by atoms with Crippen LogP contribution in [0.3, 0.4) is 0 Å². The minimum atomic E-state index is -3.01. The molecule has 0 aliphatic heterocycles. The highest BCUT2D eigenvalue weighted by atomic mass is 32.2. The number of rotatable bonds is 10. The summed E-state index contributed by atoms with van der Waals surface area (Å²) in [4.78, 5) is 16.4. The maximum atomic E-state index is 11.7. The lowest BCUT2D eigenvalue weighted by atomic mass is 9.93. The van der Waals surface area contributed by atoms with E-state index in [1.54, 1.807) is 0 Å². The van der Waals surface area contributed by atoms with Crippen molar-refractivity contribution < 1.29 is 27.8 Å². The summed E-state index contributed by atoms with van der Waals surface area (Å²) in [5.74, 6) is 1.37. The molecule has 4 aliphatic carbocycles. The summed E-state index contributed by atoms with van der Waals surface area (Å²) in [5, 5.41) is 9.65. The molecule has 1 heterocycles. The fourth-order valence-corrected chi connectivity index (χ4v) is 7.33. The molecule has 8 heteroatoms. The van der Waals surface area contributed by atoms with Gasteiger partial charge >= 0.3 is 5.97 Å². The van der Waals surface area contributed by atoms with Crippen LogP contribution in [0.4, 0.5) is 0 Å². The molecule has 1 aromatic heterocycles. The van der Waals surface area contributed by atoms with Crippen molar-refractivity contribution in [2.75, 3.05) is 18.6 Å². The summed E-state index contributed by atoms with van der Waals surface area (Å²) in [6.45, 7) is 6.77. The first-order valence-corrected chi connectivity index (χ1v) is 15.0. The average molecular weight is 534 g/mol. The number of carboxylic acid groups (broad SMARTS) is 1. The van der Waals surface area contributed by atoms with Crippen LogP contribution in [0.15, 0.2) is 42.5 Å². The lowest BCUT2D eigenvalue weighted by molar-refractivity contribution is -0.141. The fraction of sp³-hybridized carbons (Fsp3) is 0.400. The third kappa shape index (κ3) is 3.80. The molecule has 4 atom stereocenters. The van der Waals surface area contributed by atoms with Crippen LogP contribution in [-0.4, -0.2) is 43.1 Å². The van der Waals surface area contributed by atoms with E-state index in [0.29, 0.717) is 31.4 Å². The molecule has 7 rings (SSSR count). The first-order valence-electron chi connectivity index (χ1n) is 12.9. The minimum absolute atomic E-state index is 0.0906. The highest BCUT2D eigenvalue weighted by Gasteiger charge is 2.95. The summed E-state index contributed by atoms with van der Waals surface area (Å²) < 4.78 is 34.6. The van der Waals surface area contributed by atoms with E-state index in [1.807, 2.05) is 44.2 Å². The summed E-state index contributed by atoms with van der Waals surface area (Å²) in [6.07, 6.45) is 1.65. The topological polar surface area (TPSA) is 103 Å². The number of aliphatic carboxylic acids is 1. The number of carbonyl (C=O) groups is 1. The molecule has 2 aromatic carbocycles. The molecule has 1 N–H and O–H groups in total. The minimum Gasteiger partial charge on any atom is -0.489 e. The van der Waals surface area contributed by atoms with Crippen molar-refractivity contribution >= 4 is 15.8 Å². The molecule has 0 spiro atoms. The predicted octanol–water partition coefficient (Wildman–Crippen LogP) is 4.96. The zero-order valence-electron chi connectivity index (χ0n) is 21.9. The molecule has 1 unspecified atom stereocenters. The van der Waals surface area contributed by atoms with Crippen molar-refractivity contribution in [2.24, 2.45) is 11.3 Å². The fourth-order valence-electron chi connectivity index (χ4n) is 6.69. The average Bonchev–Trinajstić information content (AvgIpc) is 3.64. The van der Waals surface area contributed by atoms with Gasteiger partial charge in [0.05, 0.1) is 17.8 Å². The highest BCUT2D eigenvalue weighted by molar-refractivity contribution is 7.90. The number of aromatic nitrogens is 1. The van der Waals surface area contributed by atoms with Gasteiger partial charge in [-0.25, -0.2) is 13.4 Å². The van der Waals surface area contributed by atoms with Crippen molar-refractivity contribution in [3.63, 3.8) is 0 Å². The smallest absolute Gasteiger partial charge is 0.311 e. The quantitative estimate of drug-likeness (QED) is 0.367. The van der Waals surface area contributed by atoms with Crippen molar-refractivity contribution in [1.29, 1.82) is 0 Å². The number of nitrogens with zero attached hydrogens (tertiary/aromatic N) is 1. The van der Waals surface area contributed by atoms with Crippen LogP contribution < -0.4 is 9.47 Å². The molecule has 2 bridgehead atoms. The van der Waals surface area contributed by atoms with Gasteiger partial charge in [-0.3, -0.25) is 4.79 Å². The second-order valence-corrected chi connectivity index (χ2v) is 13.2. The van der Waals surface area contributed by atoms with Crippen molar-refractivity contribution in [3.8, 4) is 22.8 Å². The van der Waals surface area contributed by atoms with E-state index < -0.39 is 21.2 Å². The number of hydrogen-bond acceptors (Lipinski definition) is 6. The van der Waals surface area contributed by atoms with E-state index >= 15 is 0 Å². The Balaban J connectivity index is 1.16. The molecule has 2 fully saturated rings. The Labute approximate surface area is 222 Å². The molecule has 0 radical (unpaired) electrons. The second-order valence-electron chi connectivity index (χ2n) is 11.0. The Bertz CT molecular complexity index is 1570. The number of ether oxygens (including phenoxy) is 2. The molecule has 3 aromatic rings. The van der Waals surface area contributed by atoms with Crippen molar-refractivity contribution in [3.05, 3.63) is 76.0 Å². The summed E-state index contributed by atoms with van der Waals surface area (Å²) in [5.41, 5.74) is 8.02. The first kappa shape index (κ1) is 24.9. The first-order chi connectivity index (χ1) is 18.0. The zero-order chi connectivity index (χ0) is 27.0. The van der Waals surface area contributed by atoms with Gasteiger partial charge < -0.3 is 14.6 Å². The van der Waals surface area contributed by atoms with E-state index in [9.17, 15) is 18.3 Å². The van der Waals surface area contributed by atoms with Gasteiger partial charge in [0.2, 0.25) is 5.88 Å². The van der Waals surface area contributed by atoms with Crippen LogP contribution in [0.2, 0.25) is 0 Å². The molecule has 0 amide bonds. The van der Waals surface area contributed by atoms with E-state index in [2.05, 4.69) is 24.0 Å². The van der Waals surface area contributed by atoms with Crippen LogP contribution in [-0.2, 0) is 21.2 Å². The SMILES string of the molecule is Cc1cc(OCCCS(C)(=O)=O)nc(C)c1-c1cccc(COc2ccc3c(c2)C2[C@@H]4[C@H]3[C@@]24C(=O)O)c1C. The monoisotopic (exact) mass is 533 g/mol. The second kappa shape index (κ2) is 8.56. The van der Waals surface area contributed by atoms with Crippen LogP contribution in [0.1, 0.15) is 51.8 Å². The Morgan fingerprint density at radius 3 is 2.50 bits per heavy atom. The summed E-state index contributed by atoms with van der Waals surface area (Å²) in [6, 6.07) is 14.1.